The molecule has 1 aromatic rings. The van der Waals surface area contributed by atoms with Crippen LogP contribution in [-0.2, 0) is 52.4 Å². The molecule has 0 aromatic heterocycles. The lowest BCUT2D eigenvalue weighted by Crippen LogP contribution is -2.58. The van der Waals surface area contributed by atoms with E-state index in [2.05, 4.69) is 0 Å². The number of fused-ring (bicyclic) bond motifs is 1. The molecule has 0 bridgehead atoms. The number of thioether (sulfide) groups is 1. The van der Waals surface area contributed by atoms with Crippen LogP contribution in [0.25, 0.3) is 0 Å². The van der Waals surface area contributed by atoms with Gasteiger partial charge in [0.1, 0.15) is 18.7 Å². The molecule has 0 saturated carbocycles. The Morgan fingerprint density at radius 1 is 0.811 bits per heavy atom. The third-order valence-corrected chi connectivity index (χ3v) is 6.33. The highest BCUT2D eigenvalue weighted by Crippen LogP contribution is 2.46. The molecule has 12 nitrogen and oxygen atoms in total. The van der Waals surface area contributed by atoms with Crippen molar-refractivity contribution >= 4 is 47.3 Å². The normalized spacial score (nSPS) is 17.5. The van der Waals surface area contributed by atoms with Crippen molar-refractivity contribution in [2.45, 2.75) is 69.3 Å². The second kappa shape index (κ2) is 13.8. The number of carbonyl (C=O) groups is 5. The molecule has 0 fully saturated rings. The van der Waals surface area contributed by atoms with Crippen LogP contribution >= 0.6 is 11.8 Å². The molecule has 13 heteroatoms. The van der Waals surface area contributed by atoms with Gasteiger partial charge in [0, 0.05) is 46.6 Å². The van der Waals surface area contributed by atoms with Gasteiger partial charge in [0.2, 0.25) is 0 Å². The number of nitrogens with zero attached hydrogens (tertiary/aromatic N) is 1. The van der Waals surface area contributed by atoms with Gasteiger partial charge >= 0.3 is 29.8 Å². The summed E-state index contributed by atoms with van der Waals surface area (Å²) in [5.41, 5.74) is 0.776. The highest BCUT2D eigenvalue weighted by molar-refractivity contribution is 8.00. The zero-order valence-corrected chi connectivity index (χ0v) is 22.3. The third kappa shape index (κ3) is 8.64. The molecule has 0 spiro atoms. The number of benzene rings is 1. The summed E-state index contributed by atoms with van der Waals surface area (Å²) in [6.07, 6.45) is -5.63. The fourth-order valence-electron chi connectivity index (χ4n) is 3.80. The van der Waals surface area contributed by atoms with E-state index >= 15 is 0 Å². The van der Waals surface area contributed by atoms with E-state index in [0.717, 1.165) is 38.3 Å². The maximum Gasteiger partial charge on any atom is 0.303 e. The third-order valence-electron chi connectivity index (χ3n) is 4.97. The van der Waals surface area contributed by atoms with Gasteiger partial charge in [0.25, 0.3) is 0 Å². The van der Waals surface area contributed by atoms with Crippen molar-refractivity contribution in [1.82, 2.24) is 0 Å². The van der Waals surface area contributed by atoms with Gasteiger partial charge in [0.05, 0.1) is 5.69 Å². The molecule has 5 atom stereocenters. The Morgan fingerprint density at radius 3 is 1.92 bits per heavy atom. The topological polar surface area (TPSA) is 144 Å². The van der Waals surface area contributed by atoms with Gasteiger partial charge in [0.15, 0.2) is 24.4 Å². The van der Waals surface area contributed by atoms with E-state index in [4.69, 9.17) is 28.4 Å². The summed E-state index contributed by atoms with van der Waals surface area (Å²) in [5.74, 6) is -3.76. The molecule has 1 heterocycles. The van der Waals surface area contributed by atoms with Gasteiger partial charge in [-0.05, 0) is 12.1 Å². The van der Waals surface area contributed by atoms with Crippen LogP contribution in [0.3, 0.4) is 0 Å². The van der Waals surface area contributed by atoms with Gasteiger partial charge in [-0.15, -0.1) is 0 Å². The molecule has 37 heavy (non-hydrogen) atoms. The highest BCUT2D eigenvalue weighted by atomic mass is 32.2. The van der Waals surface area contributed by atoms with Crippen molar-refractivity contribution in [1.29, 1.82) is 0 Å². The minimum atomic E-state index is -1.51. The summed E-state index contributed by atoms with van der Waals surface area (Å²) in [6, 6.07) is 7.37. The average molecular weight is 542 g/mol. The van der Waals surface area contributed by atoms with Crippen LogP contribution in [-0.4, -0.2) is 80.1 Å². The lowest BCUT2D eigenvalue weighted by Gasteiger charge is -2.39. The largest absolute Gasteiger partial charge is 0.462 e. The predicted molar refractivity (Wildman–Crippen MR) is 129 cm³/mol. The molecule has 204 valence electrons. The molecular formula is C24H31NO11S. The molecule has 2 rings (SSSR count). The molecule has 0 amide bonds. The van der Waals surface area contributed by atoms with Crippen LogP contribution < -0.4 is 4.90 Å². The van der Waals surface area contributed by atoms with Crippen molar-refractivity contribution in [3.8, 4) is 0 Å². The number of para-hydroxylation sites is 1. The van der Waals surface area contributed by atoms with Gasteiger partial charge in [-0.2, -0.15) is 0 Å². The Kier molecular flexibility index (Phi) is 11.2. The first-order valence-electron chi connectivity index (χ1n) is 11.3. The molecule has 0 N–H and O–H groups in total. The summed E-state index contributed by atoms with van der Waals surface area (Å²) in [6.45, 7) is 5.22. The van der Waals surface area contributed by atoms with Gasteiger partial charge < -0.3 is 33.3 Å². The number of esters is 5. The van der Waals surface area contributed by atoms with Crippen LogP contribution in [0.5, 0.6) is 0 Å². The number of carbonyl (C=O) groups excluding carboxylic acids is 5. The zero-order chi connectivity index (χ0) is 27.7. The van der Waals surface area contributed by atoms with Crippen molar-refractivity contribution in [3.63, 3.8) is 0 Å². The van der Waals surface area contributed by atoms with Crippen molar-refractivity contribution in [2.75, 3.05) is 25.3 Å². The van der Waals surface area contributed by atoms with E-state index in [-0.39, 0.29) is 6.73 Å². The van der Waals surface area contributed by atoms with Crippen molar-refractivity contribution in [3.05, 3.63) is 24.3 Å². The standard InChI is InChI=1S/C24H31NO11S/c1-13(26)32-11-19(33-14(2)27)21(34-15(3)28)22(35-16(4)29)23(36-17(5)30)24-25(12-31-6)18-9-7-8-10-20(18)37-24/h7-10,19,21-24H,11-12H2,1-6H3/t19?,21?,22?,23?,24-/m1/s1. The zero-order valence-electron chi connectivity index (χ0n) is 21.5. The van der Waals surface area contributed by atoms with Crippen molar-refractivity contribution in [2.24, 2.45) is 0 Å². The van der Waals surface area contributed by atoms with E-state index in [9.17, 15) is 24.0 Å². The molecule has 1 aliphatic heterocycles. The maximum absolute atomic E-state index is 12.3. The lowest BCUT2D eigenvalue weighted by atomic mass is 10.0. The molecule has 0 saturated heterocycles. The van der Waals surface area contributed by atoms with E-state index < -0.39 is 66.2 Å². The number of anilines is 1. The Bertz CT molecular complexity index is 1000. The van der Waals surface area contributed by atoms with Crippen LogP contribution in [0.4, 0.5) is 5.69 Å². The number of rotatable bonds is 12. The predicted octanol–water partition coefficient (Wildman–Crippen LogP) is 1.82. The van der Waals surface area contributed by atoms with Crippen LogP contribution in [0.15, 0.2) is 29.2 Å². The first kappa shape index (κ1) is 29.9. The summed E-state index contributed by atoms with van der Waals surface area (Å²) in [7, 11) is 1.49. The Labute approximate surface area is 218 Å². The minimum Gasteiger partial charge on any atom is -0.462 e. The minimum absolute atomic E-state index is 0.0816. The summed E-state index contributed by atoms with van der Waals surface area (Å²) in [5, 5.41) is -0.713. The fraction of sp³-hybridized carbons (Fsp3) is 0.542. The van der Waals surface area contributed by atoms with E-state index in [1.54, 1.807) is 4.90 Å². The molecule has 1 aromatic carbocycles. The molecule has 0 aliphatic carbocycles. The van der Waals surface area contributed by atoms with E-state index in [1.165, 1.54) is 25.8 Å². The molecule has 0 radical (unpaired) electrons. The second-order valence-electron chi connectivity index (χ2n) is 8.04. The number of methoxy groups -OCH3 is 1. The Balaban J connectivity index is 2.63. The highest BCUT2D eigenvalue weighted by Gasteiger charge is 2.50. The summed E-state index contributed by atoms with van der Waals surface area (Å²) in [4.78, 5) is 62.7. The molecule has 4 unspecified atom stereocenters. The van der Waals surface area contributed by atoms with Crippen molar-refractivity contribution < 1.29 is 52.4 Å². The van der Waals surface area contributed by atoms with E-state index in [0.29, 0.717) is 0 Å². The second-order valence-corrected chi connectivity index (χ2v) is 9.19. The first-order valence-corrected chi connectivity index (χ1v) is 12.2. The number of ether oxygens (including phenoxy) is 6. The van der Waals surface area contributed by atoms with Crippen LogP contribution in [0.2, 0.25) is 0 Å². The van der Waals surface area contributed by atoms with Crippen LogP contribution in [0.1, 0.15) is 34.6 Å². The Hall–Kier alpha value is -3.32. The first-order chi connectivity index (χ1) is 17.4. The summed E-state index contributed by atoms with van der Waals surface area (Å²) < 4.78 is 32.4. The lowest BCUT2D eigenvalue weighted by molar-refractivity contribution is -0.202. The monoisotopic (exact) mass is 541 g/mol. The summed E-state index contributed by atoms with van der Waals surface area (Å²) >= 11 is 1.31. The number of hydrogen-bond donors (Lipinski definition) is 0. The fourth-order valence-corrected chi connectivity index (χ4v) is 5.17. The quantitative estimate of drug-likeness (QED) is 0.280. The Morgan fingerprint density at radius 2 is 1.38 bits per heavy atom. The van der Waals surface area contributed by atoms with Gasteiger partial charge in [-0.1, -0.05) is 23.9 Å². The van der Waals surface area contributed by atoms with Crippen LogP contribution in [0, 0.1) is 0 Å². The average Bonchev–Trinajstić information content (AvgIpc) is 3.15. The number of hydrogen-bond acceptors (Lipinski definition) is 13. The smallest absolute Gasteiger partial charge is 0.303 e. The SMILES string of the molecule is COCN1c2ccccc2S[C@@H]1C(OC(C)=O)C(OC(C)=O)C(OC(C)=O)C(COC(C)=O)OC(C)=O. The molecule has 1 aliphatic rings. The molecular weight excluding hydrogens is 510 g/mol. The van der Waals surface area contributed by atoms with Gasteiger partial charge in [-0.25, -0.2) is 0 Å². The van der Waals surface area contributed by atoms with Gasteiger partial charge in [-0.3, -0.25) is 24.0 Å². The van der Waals surface area contributed by atoms with E-state index in [1.807, 2.05) is 24.3 Å². The maximum atomic E-state index is 12.3.